The number of aromatic nitrogens is 1. The first kappa shape index (κ1) is 25.1. The minimum absolute atomic E-state index is 0.000617. The number of esters is 1. The molecular weight excluding hydrogens is 472 g/mol. The Kier molecular flexibility index (Phi) is 8.44. The minimum Gasteiger partial charge on any atom is -0.461 e. The third-order valence-corrected chi connectivity index (χ3v) is 6.25. The molecule has 0 spiro atoms. The largest absolute Gasteiger partial charge is 0.461 e. The Morgan fingerprint density at radius 2 is 1.47 bits per heavy atom. The lowest BCUT2D eigenvalue weighted by molar-refractivity contribution is -0.135. The first-order chi connectivity index (χ1) is 17.7. The number of thiazole rings is 1. The smallest absolute Gasteiger partial charge is 0.362 e. The number of carbonyl (C=O) groups excluding carboxylic acids is 1. The van der Waals surface area contributed by atoms with Crippen LogP contribution in [0.3, 0.4) is 0 Å². The number of oxime groups is 1. The van der Waals surface area contributed by atoms with Crippen LogP contribution < -0.4 is 11.1 Å². The van der Waals surface area contributed by atoms with E-state index in [9.17, 15) is 4.79 Å². The van der Waals surface area contributed by atoms with Crippen LogP contribution in [0.5, 0.6) is 0 Å². The molecule has 0 bridgehead atoms. The summed E-state index contributed by atoms with van der Waals surface area (Å²) in [7, 11) is 0. The normalized spacial score (nSPS) is 11.7. The second-order valence-corrected chi connectivity index (χ2v) is 8.65. The van der Waals surface area contributed by atoms with Gasteiger partial charge in [-0.05, 0) is 23.6 Å². The summed E-state index contributed by atoms with van der Waals surface area (Å²) in [4.78, 5) is 22.5. The van der Waals surface area contributed by atoms with Crippen molar-refractivity contribution in [2.75, 3.05) is 25.1 Å². The van der Waals surface area contributed by atoms with Gasteiger partial charge in [0.2, 0.25) is 5.71 Å². The molecule has 0 saturated carbocycles. The maximum atomic E-state index is 12.6. The van der Waals surface area contributed by atoms with Crippen molar-refractivity contribution in [1.29, 1.82) is 0 Å². The van der Waals surface area contributed by atoms with E-state index in [0.717, 1.165) is 16.7 Å². The highest BCUT2D eigenvalue weighted by molar-refractivity contribution is 7.14. The van der Waals surface area contributed by atoms with Gasteiger partial charge in [0.05, 0.1) is 6.61 Å². The molecule has 0 unspecified atom stereocenters. The number of rotatable bonds is 11. The van der Waals surface area contributed by atoms with Crippen molar-refractivity contribution in [3.05, 3.63) is 119 Å². The van der Waals surface area contributed by atoms with Crippen LogP contribution in [-0.4, -0.2) is 36.4 Å². The molecular formula is C28H28N4O3S. The van der Waals surface area contributed by atoms with Crippen molar-refractivity contribution >= 4 is 28.1 Å². The van der Waals surface area contributed by atoms with Crippen LogP contribution in [0.4, 0.5) is 5.13 Å². The summed E-state index contributed by atoms with van der Waals surface area (Å²) in [5.74, 6) is -0.605. The van der Waals surface area contributed by atoms with Crippen LogP contribution in [-0.2, 0) is 19.9 Å². The maximum absolute atomic E-state index is 12.6. The van der Waals surface area contributed by atoms with E-state index in [1.807, 2.05) is 54.6 Å². The molecule has 3 N–H and O–H groups in total. The first-order valence-corrected chi connectivity index (χ1v) is 12.5. The van der Waals surface area contributed by atoms with Crippen molar-refractivity contribution in [2.24, 2.45) is 10.9 Å². The Hall–Kier alpha value is -4.01. The van der Waals surface area contributed by atoms with Crippen molar-refractivity contribution in [1.82, 2.24) is 4.98 Å². The van der Waals surface area contributed by atoms with E-state index in [1.54, 1.807) is 12.3 Å². The number of anilines is 1. The lowest BCUT2D eigenvalue weighted by Crippen LogP contribution is -2.38. The van der Waals surface area contributed by atoms with E-state index in [0.29, 0.717) is 10.8 Å². The van der Waals surface area contributed by atoms with Gasteiger partial charge in [-0.1, -0.05) is 96.2 Å². The second-order valence-electron chi connectivity index (χ2n) is 7.79. The highest BCUT2D eigenvalue weighted by Crippen LogP contribution is 2.40. The van der Waals surface area contributed by atoms with Crippen molar-refractivity contribution in [2.45, 2.75) is 12.5 Å². The fourth-order valence-electron chi connectivity index (χ4n) is 3.93. The fourth-order valence-corrected chi connectivity index (χ4v) is 4.68. The van der Waals surface area contributed by atoms with Crippen LogP contribution in [0.15, 0.2) is 102 Å². The summed E-state index contributed by atoms with van der Waals surface area (Å²) in [6.45, 7) is 2.40. The Morgan fingerprint density at radius 3 is 1.94 bits per heavy atom. The summed E-state index contributed by atoms with van der Waals surface area (Å²) < 4.78 is 5.17. The summed E-state index contributed by atoms with van der Waals surface area (Å²) in [5, 5.41) is 10.0. The third-order valence-electron chi connectivity index (χ3n) is 5.50. The molecule has 0 radical (unpaired) electrons. The zero-order valence-corrected chi connectivity index (χ0v) is 20.8. The van der Waals surface area contributed by atoms with Gasteiger partial charge in [-0.3, -0.25) is 0 Å². The monoisotopic (exact) mass is 500 g/mol. The van der Waals surface area contributed by atoms with Gasteiger partial charge >= 0.3 is 5.97 Å². The molecule has 0 aliphatic rings. The third kappa shape index (κ3) is 5.45. The van der Waals surface area contributed by atoms with Crippen molar-refractivity contribution < 1.29 is 14.4 Å². The quantitative estimate of drug-likeness (QED) is 0.101. The molecule has 0 saturated heterocycles. The number of benzene rings is 3. The summed E-state index contributed by atoms with van der Waals surface area (Å²) >= 11 is 1.37. The highest BCUT2D eigenvalue weighted by Gasteiger charge is 2.37. The standard InChI is InChI=1S/C28H28N4O3S/c1-2-34-26(33)25(32-35-19-18-29)24-20-36-27(30-24)31-28(21-12-6-3-7-13-21,22-14-8-4-9-15-22)23-16-10-5-11-17-23/h3-17,20H,2,18-19,29H2,1H3,(H,30,31)/b32-25+. The van der Waals surface area contributed by atoms with Gasteiger partial charge in [-0.25, -0.2) is 9.78 Å². The number of carbonyl (C=O) groups is 1. The number of hydrogen-bond donors (Lipinski definition) is 2. The van der Waals surface area contributed by atoms with Gasteiger partial charge in [0, 0.05) is 11.9 Å². The molecule has 3 aromatic carbocycles. The van der Waals surface area contributed by atoms with Gasteiger partial charge in [0.25, 0.3) is 0 Å². The fraction of sp³-hybridized carbons (Fsp3) is 0.179. The Balaban J connectivity index is 1.82. The molecule has 4 aromatic rings. The van der Waals surface area contributed by atoms with Crippen LogP contribution in [0.25, 0.3) is 0 Å². The minimum atomic E-state index is -0.740. The molecule has 0 fully saturated rings. The molecule has 4 rings (SSSR count). The van der Waals surface area contributed by atoms with E-state index in [1.165, 1.54) is 11.3 Å². The van der Waals surface area contributed by atoms with Gasteiger partial charge in [0.15, 0.2) is 5.13 Å². The molecule has 0 aliphatic heterocycles. The average molecular weight is 501 g/mol. The van der Waals surface area contributed by atoms with Crippen LogP contribution >= 0.6 is 11.3 Å². The molecule has 7 nitrogen and oxygen atoms in total. The second kappa shape index (κ2) is 12.1. The Morgan fingerprint density at radius 1 is 0.944 bits per heavy atom. The first-order valence-electron chi connectivity index (χ1n) is 11.7. The van der Waals surface area contributed by atoms with Gasteiger partial charge in [-0.2, -0.15) is 0 Å². The SMILES string of the molecule is CCOC(=O)/C(=N/OCCN)c1csc(NC(c2ccccc2)(c2ccccc2)c2ccccc2)n1. The van der Waals surface area contributed by atoms with Crippen molar-refractivity contribution in [3.8, 4) is 0 Å². The zero-order chi connectivity index (χ0) is 25.2. The molecule has 184 valence electrons. The van der Waals surface area contributed by atoms with E-state index < -0.39 is 11.5 Å². The van der Waals surface area contributed by atoms with E-state index >= 15 is 0 Å². The highest BCUT2D eigenvalue weighted by atomic mass is 32.1. The lowest BCUT2D eigenvalue weighted by Gasteiger charge is -2.36. The topological polar surface area (TPSA) is 98.8 Å². The summed E-state index contributed by atoms with van der Waals surface area (Å²) in [5.41, 5.74) is 8.25. The summed E-state index contributed by atoms with van der Waals surface area (Å²) in [6.07, 6.45) is 0. The van der Waals surface area contributed by atoms with Crippen LogP contribution in [0, 0.1) is 0 Å². The molecule has 1 aromatic heterocycles. The molecule has 36 heavy (non-hydrogen) atoms. The van der Waals surface area contributed by atoms with E-state index in [2.05, 4.69) is 46.9 Å². The lowest BCUT2D eigenvalue weighted by atomic mass is 9.77. The maximum Gasteiger partial charge on any atom is 0.362 e. The van der Waals surface area contributed by atoms with E-state index in [4.69, 9.17) is 20.3 Å². The Labute approximate surface area is 214 Å². The zero-order valence-electron chi connectivity index (χ0n) is 20.0. The molecule has 0 amide bonds. The number of hydrogen-bond acceptors (Lipinski definition) is 8. The number of nitrogens with two attached hydrogens (primary N) is 1. The number of nitrogens with zero attached hydrogens (tertiary/aromatic N) is 2. The van der Waals surface area contributed by atoms with Gasteiger partial charge in [-0.15, -0.1) is 11.3 Å². The molecule has 1 heterocycles. The molecule has 0 aliphatic carbocycles. The average Bonchev–Trinajstić information content (AvgIpc) is 3.39. The van der Waals surface area contributed by atoms with Gasteiger partial charge < -0.3 is 20.6 Å². The molecule has 0 atom stereocenters. The van der Waals surface area contributed by atoms with E-state index in [-0.39, 0.29) is 25.5 Å². The van der Waals surface area contributed by atoms with Crippen LogP contribution in [0.2, 0.25) is 0 Å². The Bertz CT molecular complexity index is 1180. The van der Waals surface area contributed by atoms with Gasteiger partial charge in [0.1, 0.15) is 17.8 Å². The number of nitrogens with one attached hydrogen (secondary N) is 1. The van der Waals surface area contributed by atoms with Crippen molar-refractivity contribution in [3.63, 3.8) is 0 Å². The number of ether oxygens (including phenoxy) is 1. The predicted octanol–water partition coefficient (Wildman–Crippen LogP) is 4.79. The summed E-state index contributed by atoms with van der Waals surface area (Å²) in [6, 6.07) is 30.6. The molecule has 8 heteroatoms. The predicted molar refractivity (Wildman–Crippen MR) is 143 cm³/mol. The van der Waals surface area contributed by atoms with Crippen LogP contribution in [0.1, 0.15) is 29.3 Å².